The van der Waals surface area contributed by atoms with Crippen molar-refractivity contribution in [2.75, 3.05) is 12.8 Å². The summed E-state index contributed by atoms with van der Waals surface area (Å²) in [6.45, 7) is 5.26. The van der Waals surface area contributed by atoms with Crippen molar-refractivity contribution in [3.63, 3.8) is 0 Å². The van der Waals surface area contributed by atoms with Crippen molar-refractivity contribution in [3.8, 4) is 0 Å². The second-order valence-electron chi connectivity index (χ2n) is 4.22. The molecule has 0 heterocycles. The van der Waals surface area contributed by atoms with Gasteiger partial charge in [0.05, 0.1) is 10.9 Å². The van der Waals surface area contributed by atoms with Gasteiger partial charge in [-0.05, 0) is 32.7 Å². The minimum atomic E-state index is -3.27. The van der Waals surface area contributed by atoms with Gasteiger partial charge < -0.3 is 10.8 Å². The molecule has 2 atom stereocenters. The van der Waals surface area contributed by atoms with E-state index >= 15 is 0 Å². The molecule has 0 bridgehead atoms. The molecular weight excluding hydrogens is 202 g/mol. The van der Waals surface area contributed by atoms with Crippen LogP contribution < -0.4 is 5.73 Å². The van der Waals surface area contributed by atoms with E-state index in [2.05, 4.69) is 0 Å². The van der Waals surface area contributed by atoms with Crippen LogP contribution in [-0.4, -0.2) is 37.2 Å². The van der Waals surface area contributed by atoms with Crippen LogP contribution in [0.5, 0.6) is 0 Å². The van der Waals surface area contributed by atoms with Gasteiger partial charge in [0.25, 0.3) is 0 Å². The summed E-state index contributed by atoms with van der Waals surface area (Å²) >= 11 is 0. The van der Waals surface area contributed by atoms with E-state index in [9.17, 15) is 13.5 Å². The smallest absolute Gasteiger partial charge is 0.155 e. The molecule has 5 heteroatoms. The molecule has 0 radical (unpaired) electrons. The van der Waals surface area contributed by atoms with Gasteiger partial charge in [-0.25, -0.2) is 8.42 Å². The summed E-state index contributed by atoms with van der Waals surface area (Å²) in [7, 11) is -3.27. The Morgan fingerprint density at radius 2 is 1.86 bits per heavy atom. The Bertz CT molecular complexity index is 268. The molecule has 0 aliphatic rings. The van der Waals surface area contributed by atoms with Gasteiger partial charge in [0.1, 0.15) is 0 Å². The molecule has 0 aliphatic heterocycles. The van der Waals surface area contributed by atoms with Gasteiger partial charge in [-0.1, -0.05) is 6.92 Å². The zero-order valence-electron chi connectivity index (χ0n) is 9.32. The van der Waals surface area contributed by atoms with Crippen LogP contribution in [0.3, 0.4) is 0 Å². The van der Waals surface area contributed by atoms with Gasteiger partial charge >= 0.3 is 0 Å². The maximum Gasteiger partial charge on any atom is 0.155 e. The average molecular weight is 223 g/mol. The van der Waals surface area contributed by atoms with E-state index < -0.39 is 20.7 Å². The lowest BCUT2D eigenvalue weighted by atomic mass is 9.90. The third-order valence-electron chi connectivity index (χ3n) is 2.94. The highest BCUT2D eigenvalue weighted by atomic mass is 32.2. The Hall–Kier alpha value is -0.130. The first kappa shape index (κ1) is 13.9. The van der Waals surface area contributed by atoms with Crippen molar-refractivity contribution in [1.82, 2.24) is 0 Å². The highest BCUT2D eigenvalue weighted by molar-refractivity contribution is 7.92. The Morgan fingerprint density at radius 1 is 1.43 bits per heavy atom. The van der Waals surface area contributed by atoms with E-state index in [-0.39, 0.29) is 5.92 Å². The molecule has 3 N–H and O–H groups in total. The average Bonchev–Trinajstić information content (AvgIpc) is 2.04. The van der Waals surface area contributed by atoms with Crippen molar-refractivity contribution in [1.29, 1.82) is 0 Å². The van der Waals surface area contributed by atoms with Gasteiger partial charge in [-0.2, -0.15) is 0 Å². The predicted molar refractivity (Wildman–Crippen MR) is 57.8 cm³/mol. The monoisotopic (exact) mass is 223 g/mol. The van der Waals surface area contributed by atoms with E-state index in [0.29, 0.717) is 13.0 Å². The summed E-state index contributed by atoms with van der Waals surface area (Å²) < 4.78 is 21.7. The molecule has 0 aromatic carbocycles. The summed E-state index contributed by atoms with van der Waals surface area (Å²) in [6.07, 6.45) is 0.906. The largest absolute Gasteiger partial charge is 0.391 e. The van der Waals surface area contributed by atoms with Crippen LogP contribution in [0.15, 0.2) is 0 Å². The third kappa shape index (κ3) is 2.68. The normalized spacial score (nSPS) is 17.9. The zero-order valence-corrected chi connectivity index (χ0v) is 10.1. The van der Waals surface area contributed by atoms with Crippen LogP contribution in [0.4, 0.5) is 0 Å². The first-order valence-corrected chi connectivity index (χ1v) is 6.65. The lowest BCUT2D eigenvalue weighted by molar-refractivity contribution is 0.0775. The van der Waals surface area contributed by atoms with Gasteiger partial charge in [0.15, 0.2) is 9.84 Å². The molecule has 0 saturated heterocycles. The maximum atomic E-state index is 11.4. The van der Waals surface area contributed by atoms with E-state index in [0.717, 1.165) is 6.26 Å². The molecule has 4 nitrogen and oxygen atoms in total. The Kier molecular flexibility index (Phi) is 4.55. The van der Waals surface area contributed by atoms with Crippen LogP contribution in [0.25, 0.3) is 0 Å². The summed E-state index contributed by atoms with van der Waals surface area (Å²) in [6, 6.07) is 0. The fraction of sp³-hybridized carbons (Fsp3) is 1.00. The second kappa shape index (κ2) is 4.59. The third-order valence-corrected chi connectivity index (χ3v) is 5.09. The molecule has 2 unspecified atom stereocenters. The van der Waals surface area contributed by atoms with E-state index in [4.69, 9.17) is 5.73 Å². The van der Waals surface area contributed by atoms with Crippen molar-refractivity contribution < 1.29 is 13.5 Å². The first-order chi connectivity index (χ1) is 6.18. The molecule has 0 aromatic rings. The minimum absolute atomic E-state index is 0.167. The van der Waals surface area contributed by atoms with Gasteiger partial charge in [0.2, 0.25) is 0 Å². The molecule has 14 heavy (non-hydrogen) atoms. The number of aliphatic hydroxyl groups is 1. The predicted octanol–water partition coefficient (Wildman–Crippen LogP) is 0.155. The second-order valence-corrected chi connectivity index (χ2v) is 6.82. The number of rotatable bonds is 5. The topological polar surface area (TPSA) is 80.4 Å². The molecule has 0 aliphatic carbocycles. The number of sulfone groups is 1. The van der Waals surface area contributed by atoms with Crippen molar-refractivity contribution in [2.45, 2.75) is 38.0 Å². The van der Waals surface area contributed by atoms with Crippen LogP contribution in [-0.2, 0) is 9.84 Å². The van der Waals surface area contributed by atoms with Crippen LogP contribution >= 0.6 is 0 Å². The summed E-state index contributed by atoms with van der Waals surface area (Å²) in [5.41, 5.74) is 5.47. The standard InChI is InChI=1S/C9H21NO3S/c1-5-7(6-10)8(11)9(2,3)14(4,12)13/h7-8,11H,5-6,10H2,1-4H3. The Balaban J connectivity index is 4.92. The highest BCUT2D eigenvalue weighted by Crippen LogP contribution is 2.26. The lowest BCUT2D eigenvalue weighted by Crippen LogP contribution is -2.49. The van der Waals surface area contributed by atoms with Gasteiger partial charge in [-0.3, -0.25) is 0 Å². The molecule has 0 rings (SSSR count). The van der Waals surface area contributed by atoms with E-state index in [1.54, 1.807) is 0 Å². The van der Waals surface area contributed by atoms with E-state index in [1.165, 1.54) is 13.8 Å². The van der Waals surface area contributed by atoms with Crippen molar-refractivity contribution in [3.05, 3.63) is 0 Å². The van der Waals surface area contributed by atoms with Crippen molar-refractivity contribution in [2.24, 2.45) is 11.7 Å². The lowest BCUT2D eigenvalue weighted by Gasteiger charge is -2.33. The maximum absolute atomic E-state index is 11.4. The number of hydrogen-bond acceptors (Lipinski definition) is 4. The highest BCUT2D eigenvalue weighted by Gasteiger charge is 2.41. The molecule has 0 amide bonds. The summed E-state index contributed by atoms with van der Waals surface area (Å²) in [5.74, 6) is -0.167. The van der Waals surface area contributed by atoms with Crippen LogP contribution in [0.1, 0.15) is 27.2 Å². The molecule has 0 fully saturated rings. The van der Waals surface area contributed by atoms with E-state index in [1.807, 2.05) is 6.92 Å². The summed E-state index contributed by atoms with van der Waals surface area (Å²) in [4.78, 5) is 0. The molecular formula is C9H21NO3S. The minimum Gasteiger partial charge on any atom is -0.391 e. The SMILES string of the molecule is CCC(CN)C(O)C(C)(C)S(C)(=O)=O. The number of hydrogen-bond donors (Lipinski definition) is 2. The molecule has 0 aromatic heterocycles. The molecule has 0 saturated carbocycles. The quantitative estimate of drug-likeness (QED) is 0.695. The zero-order chi connectivity index (χ0) is 11.6. The number of nitrogens with two attached hydrogens (primary N) is 1. The molecule has 86 valence electrons. The fourth-order valence-electron chi connectivity index (χ4n) is 1.31. The Labute approximate surface area is 86.4 Å². The van der Waals surface area contributed by atoms with Gasteiger partial charge in [0, 0.05) is 6.26 Å². The summed E-state index contributed by atoms with van der Waals surface area (Å²) in [5, 5.41) is 9.91. The van der Waals surface area contributed by atoms with Gasteiger partial charge in [-0.15, -0.1) is 0 Å². The van der Waals surface area contributed by atoms with Crippen molar-refractivity contribution >= 4 is 9.84 Å². The number of aliphatic hydroxyl groups excluding tert-OH is 1. The fourth-order valence-corrected chi connectivity index (χ4v) is 1.94. The molecule has 0 spiro atoms. The first-order valence-electron chi connectivity index (χ1n) is 4.76. The Morgan fingerprint density at radius 3 is 2.07 bits per heavy atom. The van der Waals surface area contributed by atoms with Crippen LogP contribution in [0.2, 0.25) is 0 Å². The van der Waals surface area contributed by atoms with Crippen LogP contribution in [0, 0.1) is 5.92 Å².